The number of aliphatic hydroxyl groups is 3. The van der Waals surface area contributed by atoms with E-state index in [4.69, 9.17) is 27.9 Å². The van der Waals surface area contributed by atoms with Crippen LogP contribution in [0.4, 0.5) is 13.2 Å². The molecule has 0 bridgehead atoms. The predicted molar refractivity (Wildman–Crippen MR) is 116 cm³/mol. The minimum absolute atomic E-state index is 0.0759. The van der Waals surface area contributed by atoms with Gasteiger partial charge in [0.1, 0.15) is 30.0 Å². The molecule has 3 N–H and O–H groups in total. The van der Waals surface area contributed by atoms with Crippen LogP contribution in [0.2, 0.25) is 10.0 Å². The molecule has 0 spiro atoms. The number of aliphatic hydroxyl groups excluding tert-OH is 3. The molecule has 188 valence electrons. The van der Waals surface area contributed by atoms with Crippen LogP contribution in [-0.2, 0) is 14.6 Å². The Labute approximate surface area is 206 Å². The summed E-state index contributed by atoms with van der Waals surface area (Å²) in [6.07, 6.45) is -4.04. The summed E-state index contributed by atoms with van der Waals surface area (Å²) in [7, 11) is -4.46. The third-order valence-corrected chi connectivity index (χ3v) is 8.12. The van der Waals surface area contributed by atoms with Crippen molar-refractivity contribution in [1.82, 2.24) is 15.0 Å². The first-order valence-corrected chi connectivity index (χ1v) is 12.1. The van der Waals surface area contributed by atoms with Crippen LogP contribution in [0, 0.1) is 17.5 Å². The second-order valence-corrected chi connectivity index (χ2v) is 10.5. The molecule has 1 aromatic heterocycles. The molecule has 2 unspecified atom stereocenters. The van der Waals surface area contributed by atoms with E-state index >= 15 is 0 Å². The van der Waals surface area contributed by atoms with E-state index in [2.05, 4.69) is 10.3 Å². The van der Waals surface area contributed by atoms with Crippen LogP contribution in [0.5, 0.6) is 0 Å². The van der Waals surface area contributed by atoms with Crippen LogP contribution < -0.4 is 0 Å². The highest BCUT2D eigenvalue weighted by molar-refractivity contribution is 7.92. The maximum atomic E-state index is 13.6. The Morgan fingerprint density at radius 2 is 1.69 bits per heavy atom. The average Bonchev–Trinajstić information content (AvgIpc) is 3.28. The highest BCUT2D eigenvalue weighted by atomic mass is 35.5. The van der Waals surface area contributed by atoms with Crippen LogP contribution in [0.15, 0.2) is 41.4 Å². The summed E-state index contributed by atoms with van der Waals surface area (Å²) in [6, 6.07) is 3.22. The van der Waals surface area contributed by atoms with Crippen LogP contribution in [-0.4, -0.2) is 69.1 Å². The van der Waals surface area contributed by atoms with Crippen molar-refractivity contribution >= 4 is 33.0 Å². The van der Waals surface area contributed by atoms with Crippen LogP contribution in [0.25, 0.3) is 11.3 Å². The summed E-state index contributed by atoms with van der Waals surface area (Å²) in [5.41, 5.74) is -2.36. The van der Waals surface area contributed by atoms with E-state index in [1.54, 1.807) is 0 Å². The lowest BCUT2D eigenvalue weighted by molar-refractivity contribution is -0.180. The highest BCUT2D eigenvalue weighted by Gasteiger charge is 2.51. The molecular weight excluding hydrogens is 538 g/mol. The lowest BCUT2D eigenvalue weighted by atomic mass is 9.97. The number of aromatic nitrogens is 3. The van der Waals surface area contributed by atoms with Gasteiger partial charge in [0.05, 0.1) is 27.7 Å². The fraction of sp³-hybridized carbons (Fsp3) is 0.300. The Balaban J connectivity index is 1.73. The number of nitrogens with zero attached hydrogens (tertiary/aromatic N) is 3. The molecule has 0 amide bonds. The molecule has 2 aromatic carbocycles. The number of ether oxygens (including phenoxy) is 1. The van der Waals surface area contributed by atoms with Gasteiger partial charge in [0.15, 0.2) is 22.9 Å². The van der Waals surface area contributed by atoms with E-state index in [1.807, 2.05) is 0 Å². The summed E-state index contributed by atoms with van der Waals surface area (Å²) in [6.45, 7) is -0.826. The zero-order chi connectivity index (χ0) is 25.7. The minimum Gasteiger partial charge on any atom is -0.394 e. The molecule has 3 aromatic rings. The van der Waals surface area contributed by atoms with Crippen molar-refractivity contribution < 1.29 is 41.6 Å². The van der Waals surface area contributed by atoms with Crippen LogP contribution >= 0.6 is 23.2 Å². The van der Waals surface area contributed by atoms with Crippen molar-refractivity contribution in [3.63, 3.8) is 0 Å². The molecule has 1 saturated heterocycles. The Hall–Kier alpha value is -2.26. The number of rotatable bonds is 5. The molecular formula is C20H16Cl2F3N3O6S. The Morgan fingerprint density at radius 3 is 2.29 bits per heavy atom. The summed E-state index contributed by atoms with van der Waals surface area (Å²) >= 11 is 11.7. The summed E-state index contributed by atoms with van der Waals surface area (Å²) in [5, 5.41) is 38.7. The quantitative estimate of drug-likeness (QED) is 0.409. The molecule has 9 nitrogen and oxygen atoms in total. The van der Waals surface area contributed by atoms with E-state index in [9.17, 15) is 36.9 Å². The standard InChI is InChI=1S/C20H16Cl2F3N3O6S/c21-10-2-1-9(5-11(10)22)35(32,33)20-19(31)17(18(30)15(7-29)34-20)28-6-14(26-27-28)8-3-12(23)16(25)13(24)4-8/h1-6,15,17-20,29-31H,7H2/t15?,17?,18-,19-,20+/m0/s1. The van der Waals surface area contributed by atoms with Crippen LogP contribution in [0.1, 0.15) is 6.04 Å². The van der Waals surface area contributed by atoms with E-state index in [1.165, 1.54) is 6.07 Å². The average molecular weight is 554 g/mol. The molecule has 1 aliphatic rings. The first-order chi connectivity index (χ1) is 16.4. The predicted octanol–water partition coefficient (Wildman–Crippen LogP) is 2.12. The normalized spacial score (nSPS) is 25.1. The Bertz CT molecular complexity index is 1350. The topological polar surface area (TPSA) is 135 Å². The van der Waals surface area contributed by atoms with E-state index < -0.39 is 63.7 Å². The number of benzene rings is 2. The fourth-order valence-electron chi connectivity index (χ4n) is 3.68. The number of hydrogen-bond acceptors (Lipinski definition) is 8. The second kappa shape index (κ2) is 9.65. The number of sulfone groups is 1. The van der Waals surface area contributed by atoms with Gasteiger partial charge in [0.2, 0.25) is 9.84 Å². The van der Waals surface area contributed by atoms with Crippen molar-refractivity contribution in [2.24, 2.45) is 0 Å². The summed E-state index contributed by atoms with van der Waals surface area (Å²) in [4.78, 5) is -0.348. The molecule has 5 atom stereocenters. The van der Waals surface area contributed by atoms with Gasteiger partial charge in [0, 0.05) is 5.56 Å². The largest absolute Gasteiger partial charge is 0.394 e. The van der Waals surface area contributed by atoms with Gasteiger partial charge in [-0.1, -0.05) is 28.4 Å². The summed E-state index contributed by atoms with van der Waals surface area (Å²) in [5.74, 6) is -4.64. The minimum atomic E-state index is -4.46. The molecule has 4 rings (SSSR count). The van der Waals surface area contributed by atoms with Crippen LogP contribution in [0.3, 0.4) is 0 Å². The van der Waals surface area contributed by atoms with E-state index in [0.29, 0.717) is 12.1 Å². The molecule has 0 aliphatic carbocycles. The van der Waals surface area contributed by atoms with Gasteiger partial charge in [0.25, 0.3) is 0 Å². The van der Waals surface area contributed by atoms with E-state index in [-0.39, 0.29) is 26.2 Å². The molecule has 0 saturated carbocycles. The fourth-order valence-corrected chi connectivity index (χ4v) is 5.67. The van der Waals surface area contributed by atoms with Gasteiger partial charge in [-0.05, 0) is 30.3 Å². The zero-order valence-electron chi connectivity index (χ0n) is 17.3. The zero-order valence-corrected chi connectivity index (χ0v) is 19.6. The SMILES string of the molecule is O=S(=O)(c1ccc(Cl)c(Cl)c1)[C@H]1OC(CO)[C@H](O)C(n2cc(-c3cc(F)c(F)c(F)c3)nn2)[C@@H]1O. The molecule has 0 radical (unpaired) electrons. The molecule has 1 fully saturated rings. The van der Waals surface area contributed by atoms with Crippen molar-refractivity contribution in [2.75, 3.05) is 6.61 Å². The molecule has 15 heteroatoms. The second-order valence-electron chi connectivity index (χ2n) is 7.66. The van der Waals surface area contributed by atoms with E-state index in [0.717, 1.165) is 23.0 Å². The molecule has 35 heavy (non-hydrogen) atoms. The maximum Gasteiger partial charge on any atom is 0.207 e. The van der Waals surface area contributed by atoms with Crippen molar-refractivity contribution in [3.05, 3.63) is 64.0 Å². The van der Waals surface area contributed by atoms with Gasteiger partial charge in [-0.3, -0.25) is 0 Å². The van der Waals surface area contributed by atoms with Gasteiger partial charge < -0.3 is 20.1 Å². The third-order valence-electron chi connectivity index (χ3n) is 5.47. The van der Waals surface area contributed by atoms with Gasteiger partial charge >= 0.3 is 0 Å². The molecule has 2 heterocycles. The third kappa shape index (κ3) is 4.65. The lowest BCUT2D eigenvalue weighted by Gasteiger charge is -2.41. The van der Waals surface area contributed by atoms with Crippen molar-refractivity contribution in [1.29, 1.82) is 0 Å². The monoisotopic (exact) mass is 553 g/mol. The maximum absolute atomic E-state index is 13.6. The van der Waals surface area contributed by atoms with Crippen molar-refractivity contribution in [3.8, 4) is 11.3 Å². The Morgan fingerprint density at radius 1 is 1.03 bits per heavy atom. The number of hydrogen-bond donors (Lipinski definition) is 3. The number of halogens is 5. The van der Waals surface area contributed by atoms with Gasteiger partial charge in [-0.2, -0.15) is 0 Å². The molecule has 1 aliphatic heterocycles. The summed E-state index contributed by atoms with van der Waals surface area (Å²) < 4.78 is 73.2. The highest BCUT2D eigenvalue weighted by Crippen LogP contribution is 2.36. The first kappa shape index (κ1) is 25.8. The Kier molecular flexibility index (Phi) is 7.12. The van der Waals surface area contributed by atoms with Crippen molar-refractivity contribution in [2.45, 2.75) is 34.7 Å². The smallest absolute Gasteiger partial charge is 0.207 e. The van der Waals surface area contributed by atoms with Gasteiger partial charge in [-0.25, -0.2) is 26.3 Å². The van der Waals surface area contributed by atoms with Gasteiger partial charge in [-0.15, -0.1) is 5.10 Å². The first-order valence-electron chi connectivity index (χ1n) is 9.84. The lowest BCUT2D eigenvalue weighted by Crippen LogP contribution is -2.58.